The molecule has 0 heterocycles. The monoisotopic (exact) mass is 166 g/mol. The van der Waals surface area contributed by atoms with Crippen LogP contribution in [0.5, 0.6) is 0 Å². The van der Waals surface area contributed by atoms with Crippen LogP contribution in [0.3, 0.4) is 0 Å². The Hall–Kier alpha value is -0.900. The van der Waals surface area contributed by atoms with Gasteiger partial charge in [-0.3, -0.25) is 0 Å². The van der Waals surface area contributed by atoms with Crippen LogP contribution in [0, 0.1) is 0 Å². The number of aliphatic hydroxyl groups is 2. The molecular weight excluding hydrogens is 160 g/mol. The van der Waals surface area contributed by atoms with Gasteiger partial charge in [0.1, 0.15) is 5.76 Å². The van der Waals surface area contributed by atoms with Crippen molar-refractivity contribution in [3.63, 3.8) is 0 Å². The third-order valence-corrected chi connectivity index (χ3v) is 0.849. The van der Waals surface area contributed by atoms with E-state index >= 15 is 0 Å². The SMILES string of the molecule is C/C(O)=C(/O)COC(=O)Cl. The van der Waals surface area contributed by atoms with E-state index in [1.54, 1.807) is 0 Å². The number of ether oxygens (including phenoxy) is 1. The summed E-state index contributed by atoms with van der Waals surface area (Å²) in [4.78, 5) is 9.90. The van der Waals surface area contributed by atoms with Crippen LogP contribution in [-0.4, -0.2) is 22.2 Å². The maximum Gasteiger partial charge on any atom is 0.404 e. The lowest BCUT2D eigenvalue weighted by Crippen LogP contribution is -2.01. The number of hydrogen-bond donors (Lipinski definition) is 2. The Bertz CT molecular complexity index is 159. The molecule has 0 radical (unpaired) electrons. The Balaban J connectivity index is 3.71. The Labute approximate surface area is 62.7 Å². The molecular formula is C5H7ClO4. The molecule has 2 N–H and O–H groups in total. The number of halogens is 1. The second-order valence-corrected chi connectivity index (χ2v) is 1.87. The topological polar surface area (TPSA) is 66.8 Å². The first kappa shape index (κ1) is 9.10. The second-order valence-electron chi connectivity index (χ2n) is 1.56. The minimum atomic E-state index is -1.02. The molecule has 0 saturated heterocycles. The number of carbonyl (C=O) groups is 1. The van der Waals surface area contributed by atoms with Crippen molar-refractivity contribution in [2.24, 2.45) is 0 Å². The van der Waals surface area contributed by atoms with Gasteiger partial charge in [0.15, 0.2) is 12.4 Å². The summed E-state index contributed by atoms with van der Waals surface area (Å²) >= 11 is 4.75. The molecule has 0 saturated carbocycles. The summed E-state index contributed by atoms with van der Waals surface area (Å²) in [6.07, 6.45) is 0. The first-order valence-corrected chi connectivity index (χ1v) is 2.81. The maximum atomic E-state index is 9.90. The molecule has 0 aliphatic rings. The summed E-state index contributed by atoms with van der Waals surface area (Å²) in [7, 11) is 0. The van der Waals surface area contributed by atoms with E-state index in [2.05, 4.69) is 4.74 Å². The lowest BCUT2D eigenvalue weighted by atomic mass is 10.4. The van der Waals surface area contributed by atoms with Gasteiger partial charge in [0.25, 0.3) is 0 Å². The van der Waals surface area contributed by atoms with Crippen molar-refractivity contribution < 1.29 is 19.7 Å². The molecule has 0 aromatic carbocycles. The van der Waals surface area contributed by atoms with Crippen LogP contribution in [0.25, 0.3) is 0 Å². The fourth-order valence-corrected chi connectivity index (χ4v) is 0.284. The summed E-state index contributed by atoms with van der Waals surface area (Å²) < 4.78 is 4.12. The van der Waals surface area contributed by atoms with Crippen LogP contribution in [-0.2, 0) is 4.74 Å². The summed E-state index contributed by atoms with van der Waals surface area (Å²) in [5.41, 5.74) is -1.02. The van der Waals surface area contributed by atoms with E-state index in [9.17, 15) is 4.79 Å². The van der Waals surface area contributed by atoms with Crippen molar-refractivity contribution in [2.75, 3.05) is 6.61 Å². The van der Waals surface area contributed by atoms with E-state index < -0.39 is 17.8 Å². The zero-order chi connectivity index (χ0) is 8.15. The fraction of sp³-hybridized carbons (Fsp3) is 0.400. The smallest absolute Gasteiger partial charge is 0.404 e. The maximum absolute atomic E-state index is 9.90. The summed E-state index contributed by atoms with van der Waals surface area (Å²) in [6.45, 7) is 0.863. The minimum absolute atomic E-state index is 0.294. The predicted octanol–water partition coefficient (Wildman–Crippen LogP) is 1.71. The number of aliphatic hydroxyl groups excluding tert-OH is 2. The van der Waals surface area contributed by atoms with Crippen molar-refractivity contribution >= 4 is 17.0 Å². The predicted molar refractivity (Wildman–Crippen MR) is 35.2 cm³/mol. The van der Waals surface area contributed by atoms with Gasteiger partial charge in [-0.2, -0.15) is 0 Å². The molecule has 0 atom stereocenters. The number of rotatable bonds is 2. The molecule has 0 spiro atoms. The van der Waals surface area contributed by atoms with Gasteiger partial charge in [-0.15, -0.1) is 0 Å². The average molecular weight is 167 g/mol. The number of allylic oxidation sites excluding steroid dienone is 1. The average Bonchev–Trinajstić information content (AvgIpc) is 1.82. The Morgan fingerprint density at radius 1 is 1.60 bits per heavy atom. The van der Waals surface area contributed by atoms with Crippen LogP contribution in [0.1, 0.15) is 6.92 Å². The molecule has 0 rings (SSSR count). The normalized spacial score (nSPS) is 12.2. The molecule has 10 heavy (non-hydrogen) atoms. The van der Waals surface area contributed by atoms with Crippen LogP contribution in [0.2, 0.25) is 0 Å². The summed E-state index contributed by atoms with van der Waals surface area (Å²) in [5.74, 6) is -0.702. The first-order valence-electron chi connectivity index (χ1n) is 2.44. The van der Waals surface area contributed by atoms with Gasteiger partial charge in [0.2, 0.25) is 0 Å². The number of hydrogen-bond acceptors (Lipinski definition) is 4. The van der Waals surface area contributed by atoms with Gasteiger partial charge in [-0.25, -0.2) is 4.79 Å². The van der Waals surface area contributed by atoms with E-state index in [1.165, 1.54) is 6.92 Å². The second kappa shape index (κ2) is 4.00. The molecule has 0 aromatic rings. The molecule has 0 amide bonds. The lowest BCUT2D eigenvalue weighted by molar-refractivity contribution is 0.162. The lowest BCUT2D eigenvalue weighted by Gasteiger charge is -1.99. The van der Waals surface area contributed by atoms with E-state index in [0.29, 0.717) is 0 Å². The van der Waals surface area contributed by atoms with Crippen molar-refractivity contribution in [2.45, 2.75) is 6.92 Å². The van der Waals surface area contributed by atoms with Crippen molar-refractivity contribution in [3.05, 3.63) is 11.5 Å². The Kier molecular flexibility index (Phi) is 3.64. The number of carbonyl (C=O) groups excluding carboxylic acids is 1. The highest BCUT2D eigenvalue weighted by Crippen LogP contribution is 1.98. The Morgan fingerprint density at radius 2 is 2.10 bits per heavy atom. The van der Waals surface area contributed by atoms with Crippen molar-refractivity contribution in [3.8, 4) is 0 Å². The van der Waals surface area contributed by atoms with Crippen LogP contribution >= 0.6 is 11.6 Å². The molecule has 5 heteroatoms. The third kappa shape index (κ3) is 4.03. The van der Waals surface area contributed by atoms with Crippen molar-refractivity contribution in [1.82, 2.24) is 0 Å². The molecule has 0 bridgehead atoms. The highest BCUT2D eigenvalue weighted by Gasteiger charge is 2.01. The first-order chi connectivity index (χ1) is 4.54. The van der Waals surface area contributed by atoms with Gasteiger partial charge < -0.3 is 14.9 Å². The van der Waals surface area contributed by atoms with Crippen LogP contribution < -0.4 is 0 Å². The van der Waals surface area contributed by atoms with Crippen molar-refractivity contribution in [1.29, 1.82) is 0 Å². The molecule has 0 aliphatic heterocycles. The molecule has 4 nitrogen and oxygen atoms in total. The third-order valence-electron chi connectivity index (χ3n) is 0.740. The highest BCUT2D eigenvalue weighted by molar-refractivity contribution is 6.61. The van der Waals surface area contributed by atoms with Crippen LogP contribution in [0.4, 0.5) is 4.79 Å². The van der Waals surface area contributed by atoms with Gasteiger partial charge in [-0.05, 0) is 6.92 Å². The van der Waals surface area contributed by atoms with E-state index in [-0.39, 0.29) is 5.76 Å². The van der Waals surface area contributed by atoms with E-state index in [0.717, 1.165) is 0 Å². The van der Waals surface area contributed by atoms with E-state index in [1.807, 2.05) is 0 Å². The van der Waals surface area contributed by atoms with Gasteiger partial charge in [0, 0.05) is 11.6 Å². The Morgan fingerprint density at radius 3 is 2.40 bits per heavy atom. The minimum Gasteiger partial charge on any atom is -0.509 e. The van der Waals surface area contributed by atoms with Gasteiger partial charge in [0.05, 0.1) is 0 Å². The van der Waals surface area contributed by atoms with Gasteiger partial charge >= 0.3 is 5.43 Å². The zero-order valence-corrected chi connectivity index (χ0v) is 6.05. The highest BCUT2D eigenvalue weighted by atomic mass is 35.5. The largest absolute Gasteiger partial charge is 0.509 e. The summed E-state index contributed by atoms with van der Waals surface area (Å²) in [5, 5.41) is 17.2. The standard InChI is InChI=1S/C5H7ClO4/c1-3(7)4(8)2-10-5(6)9/h7-8H,2H2,1H3/b4-3-. The molecule has 0 aliphatic carbocycles. The molecule has 0 aromatic heterocycles. The van der Waals surface area contributed by atoms with Crippen LogP contribution in [0.15, 0.2) is 11.5 Å². The quantitative estimate of drug-likeness (QED) is 0.484. The zero-order valence-electron chi connectivity index (χ0n) is 5.30. The van der Waals surface area contributed by atoms with Gasteiger partial charge in [-0.1, -0.05) is 0 Å². The summed E-state index contributed by atoms with van der Waals surface area (Å²) in [6, 6.07) is 0. The van der Waals surface area contributed by atoms with E-state index in [4.69, 9.17) is 21.8 Å². The fourth-order valence-electron chi connectivity index (χ4n) is 0.230. The molecule has 0 fully saturated rings. The molecule has 58 valence electrons. The molecule has 0 unspecified atom stereocenters.